The quantitative estimate of drug-likeness (QED) is 0.727. The predicted molar refractivity (Wildman–Crippen MR) is 62.9 cm³/mol. The van der Waals surface area contributed by atoms with Crippen molar-refractivity contribution in [3.63, 3.8) is 0 Å². The minimum absolute atomic E-state index is 0.554. The summed E-state index contributed by atoms with van der Waals surface area (Å²) in [5, 5.41) is 4.98. The van der Waals surface area contributed by atoms with Crippen molar-refractivity contribution >= 4 is 10.9 Å². The molecule has 0 bridgehead atoms. The lowest BCUT2D eigenvalue weighted by atomic mass is 9.95. The first kappa shape index (κ1) is 8.98. The largest absolute Gasteiger partial charge is 0.361 e. The van der Waals surface area contributed by atoms with Crippen LogP contribution in [0.4, 0.5) is 0 Å². The average Bonchev–Trinajstić information content (AvgIpc) is 2.78. The Morgan fingerprint density at radius 3 is 3.00 bits per heavy atom. The molecule has 2 nitrogen and oxygen atoms in total. The van der Waals surface area contributed by atoms with Crippen molar-refractivity contribution in [2.45, 2.75) is 25.3 Å². The first-order chi connectivity index (χ1) is 7.45. The van der Waals surface area contributed by atoms with Gasteiger partial charge >= 0.3 is 0 Å². The van der Waals surface area contributed by atoms with Gasteiger partial charge in [0, 0.05) is 23.1 Å². The molecule has 1 aliphatic rings. The van der Waals surface area contributed by atoms with Crippen molar-refractivity contribution in [2.75, 3.05) is 6.54 Å². The van der Waals surface area contributed by atoms with Gasteiger partial charge in [-0.1, -0.05) is 18.6 Å². The molecule has 1 fully saturated rings. The Balaban J connectivity index is 2.05. The van der Waals surface area contributed by atoms with E-state index >= 15 is 0 Å². The fraction of sp³-hybridized carbons (Fsp3) is 0.385. The third-order valence-corrected chi connectivity index (χ3v) is 3.31. The molecule has 1 unspecified atom stereocenters. The van der Waals surface area contributed by atoms with Crippen molar-refractivity contribution in [1.82, 2.24) is 10.3 Å². The zero-order chi connectivity index (χ0) is 10.1. The first-order valence-corrected chi connectivity index (χ1v) is 5.74. The molecule has 3 rings (SSSR count). The van der Waals surface area contributed by atoms with E-state index in [4.69, 9.17) is 0 Å². The van der Waals surface area contributed by atoms with Crippen LogP contribution in [0.5, 0.6) is 0 Å². The average molecular weight is 200 g/mol. The van der Waals surface area contributed by atoms with E-state index in [2.05, 4.69) is 34.6 Å². The Hall–Kier alpha value is -1.28. The van der Waals surface area contributed by atoms with Crippen molar-refractivity contribution < 1.29 is 0 Å². The number of aromatic nitrogens is 1. The molecule has 1 aromatic heterocycles. The maximum Gasteiger partial charge on any atom is 0.0457 e. The molecule has 0 aliphatic carbocycles. The van der Waals surface area contributed by atoms with Gasteiger partial charge in [-0.05, 0) is 37.1 Å². The molecular weight excluding hydrogens is 184 g/mol. The van der Waals surface area contributed by atoms with Crippen molar-refractivity contribution in [3.8, 4) is 0 Å². The van der Waals surface area contributed by atoms with E-state index in [1.54, 1.807) is 0 Å². The van der Waals surface area contributed by atoms with Crippen molar-refractivity contribution in [3.05, 3.63) is 36.0 Å². The Bertz CT molecular complexity index is 452. The summed E-state index contributed by atoms with van der Waals surface area (Å²) < 4.78 is 0. The number of aromatic amines is 1. The number of hydrogen-bond acceptors (Lipinski definition) is 1. The van der Waals surface area contributed by atoms with Crippen LogP contribution >= 0.6 is 0 Å². The highest BCUT2D eigenvalue weighted by molar-refractivity contribution is 5.83. The molecule has 1 aliphatic heterocycles. The summed E-state index contributed by atoms with van der Waals surface area (Å²) in [5.74, 6) is 0. The van der Waals surface area contributed by atoms with E-state index in [-0.39, 0.29) is 0 Å². The number of nitrogens with one attached hydrogen (secondary N) is 2. The zero-order valence-electron chi connectivity index (χ0n) is 8.79. The zero-order valence-corrected chi connectivity index (χ0v) is 8.79. The van der Waals surface area contributed by atoms with Gasteiger partial charge in [-0.2, -0.15) is 0 Å². The van der Waals surface area contributed by atoms with E-state index in [9.17, 15) is 0 Å². The number of rotatable bonds is 1. The van der Waals surface area contributed by atoms with Gasteiger partial charge in [-0.3, -0.25) is 0 Å². The Kier molecular flexibility index (Phi) is 2.22. The van der Waals surface area contributed by atoms with Gasteiger partial charge in [-0.25, -0.2) is 0 Å². The SMILES string of the molecule is c1cc(C2CCCCN2)c2cc[nH]c2c1. The molecule has 2 aromatic rings. The van der Waals surface area contributed by atoms with Crippen LogP contribution in [0.2, 0.25) is 0 Å². The third kappa shape index (κ3) is 1.55. The normalized spacial score (nSPS) is 22.0. The van der Waals surface area contributed by atoms with Crippen LogP contribution in [0.15, 0.2) is 30.5 Å². The second-order valence-electron chi connectivity index (χ2n) is 4.29. The second kappa shape index (κ2) is 3.70. The molecular formula is C13H16N2. The first-order valence-electron chi connectivity index (χ1n) is 5.74. The van der Waals surface area contributed by atoms with Crippen LogP contribution < -0.4 is 5.32 Å². The number of fused-ring (bicyclic) bond motifs is 1. The minimum Gasteiger partial charge on any atom is -0.361 e. The van der Waals surface area contributed by atoms with E-state index < -0.39 is 0 Å². The summed E-state index contributed by atoms with van der Waals surface area (Å²) in [4.78, 5) is 3.27. The molecule has 1 saturated heterocycles. The van der Waals surface area contributed by atoms with Gasteiger partial charge in [-0.15, -0.1) is 0 Å². The molecule has 0 spiro atoms. The molecule has 1 atom stereocenters. The Morgan fingerprint density at radius 2 is 2.13 bits per heavy atom. The third-order valence-electron chi connectivity index (χ3n) is 3.31. The van der Waals surface area contributed by atoms with E-state index in [1.807, 2.05) is 6.20 Å². The highest BCUT2D eigenvalue weighted by Crippen LogP contribution is 2.28. The summed E-state index contributed by atoms with van der Waals surface area (Å²) in [6.45, 7) is 1.16. The highest BCUT2D eigenvalue weighted by atomic mass is 14.9. The lowest BCUT2D eigenvalue weighted by Gasteiger charge is -2.24. The van der Waals surface area contributed by atoms with Crippen molar-refractivity contribution in [1.29, 1.82) is 0 Å². The molecule has 0 saturated carbocycles. The molecule has 2 heteroatoms. The van der Waals surface area contributed by atoms with Gasteiger partial charge < -0.3 is 10.3 Å². The molecule has 1 aromatic carbocycles. The van der Waals surface area contributed by atoms with Gasteiger partial charge in [0.2, 0.25) is 0 Å². The van der Waals surface area contributed by atoms with Gasteiger partial charge in [0.25, 0.3) is 0 Å². The van der Waals surface area contributed by atoms with Crippen LogP contribution in [0, 0.1) is 0 Å². The van der Waals surface area contributed by atoms with Gasteiger partial charge in [0.1, 0.15) is 0 Å². The Morgan fingerprint density at radius 1 is 1.13 bits per heavy atom. The lowest BCUT2D eigenvalue weighted by Crippen LogP contribution is -2.26. The van der Waals surface area contributed by atoms with Crippen molar-refractivity contribution in [2.24, 2.45) is 0 Å². The fourth-order valence-electron chi connectivity index (χ4n) is 2.53. The van der Waals surface area contributed by atoms with Crippen LogP contribution in [0.1, 0.15) is 30.9 Å². The highest BCUT2D eigenvalue weighted by Gasteiger charge is 2.16. The fourth-order valence-corrected chi connectivity index (χ4v) is 2.53. The number of benzene rings is 1. The number of piperidine rings is 1. The van der Waals surface area contributed by atoms with Gasteiger partial charge in [0.15, 0.2) is 0 Å². The van der Waals surface area contributed by atoms with E-state index in [0.717, 1.165) is 6.54 Å². The standard InChI is InChI=1S/C13H16N2/c1-2-8-14-12(5-1)10-4-3-6-13-11(10)7-9-15-13/h3-4,6-7,9,12,14-15H,1-2,5,8H2. The van der Waals surface area contributed by atoms with E-state index in [0.29, 0.717) is 6.04 Å². The topological polar surface area (TPSA) is 27.8 Å². The lowest BCUT2D eigenvalue weighted by molar-refractivity contribution is 0.414. The van der Waals surface area contributed by atoms with Crippen LogP contribution in [0.3, 0.4) is 0 Å². The van der Waals surface area contributed by atoms with Crippen LogP contribution in [-0.4, -0.2) is 11.5 Å². The summed E-state index contributed by atoms with van der Waals surface area (Å²) >= 11 is 0. The smallest absolute Gasteiger partial charge is 0.0457 e. The maximum absolute atomic E-state index is 3.60. The minimum atomic E-state index is 0.554. The number of H-pyrrole nitrogens is 1. The van der Waals surface area contributed by atoms with Crippen LogP contribution in [0.25, 0.3) is 10.9 Å². The molecule has 0 amide bonds. The van der Waals surface area contributed by atoms with Crippen LogP contribution in [-0.2, 0) is 0 Å². The van der Waals surface area contributed by atoms with Gasteiger partial charge in [0.05, 0.1) is 0 Å². The molecule has 0 radical (unpaired) electrons. The van der Waals surface area contributed by atoms with E-state index in [1.165, 1.54) is 35.7 Å². The molecule has 15 heavy (non-hydrogen) atoms. The summed E-state index contributed by atoms with van der Waals surface area (Å²) in [7, 11) is 0. The summed E-state index contributed by atoms with van der Waals surface area (Å²) in [5.41, 5.74) is 2.70. The number of hydrogen-bond donors (Lipinski definition) is 2. The summed E-state index contributed by atoms with van der Waals surface area (Å²) in [6, 6.07) is 9.27. The molecule has 2 N–H and O–H groups in total. The second-order valence-corrected chi connectivity index (χ2v) is 4.29. The molecule has 2 heterocycles. The maximum atomic E-state index is 3.60. The summed E-state index contributed by atoms with van der Waals surface area (Å²) in [6.07, 6.45) is 5.96. The molecule has 78 valence electrons. The predicted octanol–water partition coefficient (Wildman–Crippen LogP) is 2.98. The Labute approximate surface area is 89.7 Å². The monoisotopic (exact) mass is 200 g/mol.